The first-order valence-electron chi connectivity index (χ1n) is 6.10. The predicted molar refractivity (Wildman–Crippen MR) is 81.7 cm³/mol. The predicted octanol–water partition coefficient (Wildman–Crippen LogP) is 4.46. The third-order valence-electron chi connectivity index (χ3n) is 2.67. The molecule has 2 aromatic carbocycles. The van der Waals surface area contributed by atoms with E-state index in [2.05, 4.69) is 5.32 Å². The number of benzene rings is 2. The summed E-state index contributed by atoms with van der Waals surface area (Å²) in [5.41, 5.74) is 0.960. The van der Waals surface area contributed by atoms with Crippen LogP contribution < -0.4 is 10.1 Å². The van der Waals surface area contributed by atoms with E-state index in [9.17, 15) is 9.18 Å². The number of hydrogen-bond acceptors (Lipinski definition) is 2. The van der Waals surface area contributed by atoms with Crippen molar-refractivity contribution >= 4 is 34.8 Å². The van der Waals surface area contributed by atoms with Gasteiger partial charge >= 0.3 is 0 Å². The lowest BCUT2D eigenvalue weighted by Crippen LogP contribution is -2.21. The topological polar surface area (TPSA) is 38.3 Å². The first-order chi connectivity index (χ1) is 9.97. The number of ether oxygens (including phenoxy) is 1. The summed E-state index contributed by atoms with van der Waals surface area (Å²) in [6, 6.07) is 9.58. The van der Waals surface area contributed by atoms with Crippen LogP contribution in [0.5, 0.6) is 5.75 Å². The molecule has 3 nitrogen and oxygen atoms in total. The van der Waals surface area contributed by atoms with Gasteiger partial charge in [0.1, 0.15) is 5.75 Å². The summed E-state index contributed by atoms with van der Waals surface area (Å²) >= 11 is 11.6. The standard InChI is InChI=1S/C15H12Cl2FNO2/c1-9-5-6-10(16)13(7-9)21-8-14(20)19-12-4-2-3-11(17)15(12)18/h2-7H,8H2,1H3,(H,19,20). The van der Waals surface area contributed by atoms with E-state index in [1.54, 1.807) is 18.2 Å². The number of anilines is 1. The molecule has 1 N–H and O–H groups in total. The fourth-order valence-corrected chi connectivity index (χ4v) is 2.00. The number of rotatable bonds is 4. The SMILES string of the molecule is Cc1ccc(Cl)c(OCC(=O)Nc2cccc(Cl)c2F)c1. The van der Waals surface area contributed by atoms with Gasteiger partial charge in [-0.25, -0.2) is 4.39 Å². The molecule has 0 radical (unpaired) electrons. The van der Waals surface area contributed by atoms with Gasteiger partial charge in [-0.2, -0.15) is 0 Å². The van der Waals surface area contributed by atoms with E-state index in [0.29, 0.717) is 10.8 Å². The summed E-state index contributed by atoms with van der Waals surface area (Å²) in [7, 11) is 0. The van der Waals surface area contributed by atoms with Crippen LogP contribution in [0.3, 0.4) is 0 Å². The van der Waals surface area contributed by atoms with Gasteiger partial charge in [0.2, 0.25) is 0 Å². The number of hydrogen-bond donors (Lipinski definition) is 1. The maximum Gasteiger partial charge on any atom is 0.262 e. The Morgan fingerprint density at radius 2 is 2.00 bits per heavy atom. The third kappa shape index (κ3) is 4.09. The molecular weight excluding hydrogens is 316 g/mol. The fraction of sp³-hybridized carbons (Fsp3) is 0.133. The molecule has 0 saturated carbocycles. The van der Waals surface area contributed by atoms with Crippen molar-refractivity contribution in [2.75, 3.05) is 11.9 Å². The van der Waals surface area contributed by atoms with Crippen LogP contribution in [0.15, 0.2) is 36.4 Å². The summed E-state index contributed by atoms with van der Waals surface area (Å²) in [6.07, 6.45) is 0. The largest absolute Gasteiger partial charge is 0.482 e. The molecule has 0 spiro atoms. The molecule has 0 aliphatic carbocycles. The Morgan fingerprint density at radius 1 is 1.24 bits per heavy atom. The molecule has 0 bridgehead atoms. The van der Waals surface area contributed by atoms with E-state index in [0.717, 1.165) is 5.56 Å². The lowest BCUT2D eigenvalue weighted by atomic mass is 10.2. The zero-order valence-corrected chi connectivity index (χ0v) is 12.6. The van der Waals surface area contributed by atoms with Crippen LogP contribution in [-0.4, -0.2) is 12.5 Å². The molecule has 1 amide bonds. The van der Waals surface area contributed by atoms with E-state index in [-0.39, 0.29) is 17.3 Å². The van der Waals surface area contributed by atoms with Crippen molar-refractivity contribution in [1.82, 2.24) is 0 Å². The molecule has 0 unspecified atom stereocenters. The minimum atomic E-state index is -0.680. The van der Waals surface area contributed by atoms with Gasteiger partial charge in [-0.05, 0) is 36.8 Å². The molecule has 6 heteroatoms. The van der Waals surface area contributed by atoms with Crippen molar-refractivity contribution in [1.29, 1.82) is 0 Å². The Hall–Kier alpha value is -1.78. The van der Waals surface area contributed by atoms with E-state index in [1.807, 2.05) is 13.0 Å². The second-order valence-electron chi connectivity index (χ2n) is 4.37. The maximum absolute atomic E-state index is 13.6. The Bertz CT molecular complexity index is 677. The van der Waals surface area contributed by atoms with Crippen LogP contribution in [0.2, 0.25) is 10.0 Å². The highest BCUT2D eigenvalue weighted by atomic mass is 35.5. The first-order valence-corrected chi connectivity index (χ1v) is 6.86. The lowest BCUT2D eigenvalue weighted by molar-refractivity contribution is -0.118. The molecule has 0 heterocycles. The van der Waals surface area contributed by atoms with Crippen molar-refractivity contribution < 1.29 is 13.9 Å². The molecule has 2 aromatic rings. The second-order valence-corrected chi connectivity index (χ2v) is 5.19. The van der Waals surface area contributed by atoms with Crippen LogP contribution in [0.25, 0.3) is 0 Å². The molecule has 0 saturated heterocycles. The summed E-state index contributed by atoms with van der Waals surface area (Å²) in [6.45, 7) is 1.60. The number of halogens is 3. The van der Waals surface area contributed by atoms with Crippen LogP contribution in [0.1, 0.15) is 5.56 Å². The van der Waals surface area contributed by atoms with Gasteiger partial charge in [0.25, 0.3) is 5.91 Å². The third-order valence-corrected chi connectivity index (χ3v) is 3.28. The number of aryl methyl sites for hydroxylation is 1. The van der Waals surface area contributed by atoms with E-state index in [4.69, 9.17) is 27.9 Å². The Balaban J connectivity index is 1.99. The zero-order valence-electron chi connectivity index (χ0n) is 11.1. The van der Waals surface area contributed by atoms with Gasteiger partial charge in [-0.15, -0.1) is 0 Å². The smallest absolute Gasteiger partial charge is 0.262 e. The van der Waals surface area contributed by atoms with Crippen molar-refractivity contribution in [2.24, 2.45) is 0 Å². The van der Waals surface area contributed by atoms with Crippen LogP contribution in [0.4, 0.5) is 10.1 Å². The van der Waals surface area contributed by atoms with Crippen molar-refractivity contribution in [3.63, 3.8) is 0 Å². The van der Waals surface area contributed by atoms with Crippen molar-refractivity contribution in [2.45, 2.75) is 6.92 Å². The average molecular weight is 328 g/mol. The highest BCUT2D eigenvalue weighted by Gasteiger charge is 2.11. The molecule has 0 aliphatic heterocycles. The van der Waals surface area contributed by atoms with E-state index >= 15 is 0 Å². The van der Waals surface area contributed by atoms with Gasteiger partial charge in [-0.1, -0.05) is 35.3 Å². The molecular formula is C15H12Cl2FNO2. The van der Waals surface area contributed by atoms with E-state index in [1.165, 1.54) is 12.1 Å². The van der Waals surface area contributed by atoms with Gasteiger partial charge in [0, 0.05) is 0 Å². The van der Waals surface area contributed by atoms with Gasteiger partial charge < -0.3 is 10.1 Å². The fourth-order valence-electron chi connectivity index (χ4n) is 1.65. The quantitative estimate of drug-likeness (QED) is 0.900. The monoisotopic (exact) mass is 327 g/mol. The minimum absolute atomic E-state index is 0.00596. The number of carbonyl (C=O) groups is 1. The van der Waals surface area contributed by atoms with Gasteiger partial charge in [-0.3, -0.25) is 4.79 Å². The zero-order chi connectivity index (χ0) is 15.4. The average Bonchev–Trinajstić information content (AvgIpc) is 2.45. The summed E-state index contributed by atoms with van der Waals surface area (Å²) in [5, 5.41) is 2.73. The van der Waals surface area contributed by atoms with Crippen LogP contribution >= 0.6 is 23.2 Å². The summed E-state index contributed by atoms with van der Waals surface area (Å²) in [5.74, 6) is -0.784. The van der Waals surface area contributed by atoms with Crippen LogP contribution in [-0.2, 0) is 4.79 Å². The minimum Gasteiger partial charge on any atom is -0.482 e. The van der Waals surface area contributed by atoms with Gasteiger partial charge in [0.05, 0.1) is 15.7 Å². The number of nitrogens with one attached hydrogen (secondary N) is 1. The second kappa shape index (κ2) is 6.78. The van der Waals surface area contributed by atoms with Crippen molar-refractivity contribution in [3.05, 3.63) is 57.8 Å². The highest BCUT2D eigenvalue weighted by Crippen LogP contribution is 2.25. The maximum atomic E-state index is 13.6. The molecule has 2 rings (SSSR count). The molecule has 0 aromatic heterocycles. The van der Waals surface area contributed by atoms with Gasteiger partial charge in [0.15, 0.2) is 12.4 Å². The Morgan fingerprint density at radius 3 is 2.76 bits per heavy atom. The Labute approximate surface area is 131 Å². The normalized spacial score (nSPS) is 10.3. The highest BCUT2D eigenvalue weighted by molar-refractivity contribution is 6.32. The van der Waals surface area contributed by atoms with E-state index < -0.39 is 11.7 Å². The molecule has 0 atom stereocenters. The molecule has 0 aliphatic rings. The van der Waals surface area contributed by atoms with Crippen LogP contribution in [0, 0.1) is 12.7 Å². The summed E-state index contributed by atoms with van der Waals surface area (Å²) in [4.78, 5) is 11.8. The first kappa shape index (κ1) is 15.6. The Kier molecular flexibility index (Phi) is 5.04. The number of amides is 1. The molecule has 21 heavy (non-hydrogen) atoms. The lowest BCUT2D eigenvalue weighted by Gasteiger charge is -2.10. The van der Waals surface area contributed by atoms with Crippen molar-refractivity contribution in [3.8, 4) is 5.75 Å². The molecule has 110 valence electrons. The number of carbonyl (C=O) groups excluding carboxylic acids is 1. The summed E-state index contributed by atoms with van der Waals surface area (Å²) < 4.78 is 19.0. The molecule has 0 fully saturated rings.